The topological polar surface area (TPSA) is 56.7 Å². The van der Waals surface area contributed by atoms with Crippen LogP contribution in [0.5, 0.6) is 0 Å². The zero-order valence-electron chi connectivity index (χ0n) is 9.29. The van der Waals surface area contributed by atoms with Crippen molar-refractivity contribution >= 4 is 11.8 Å². The molecule has 1 unspecified atom stereocenters. The summed E-state index contributed by atoms with van der Waals surface area (Å²) in [5, 5.41) is 5.06. The zero-order chi connectivity index (χ0) is 11.5. The molecule has 2 N–H and O–H groups in total. The van der Waals surface area contributed by atoms with Gasteiger partial charge in [-0.05, 0) is 24.6 Å². The van der Waals surface area contributed by atoms with E-state index in [1.165, 1.54) is 0 Å². The van der Waals surface area contributed by atoms with Crippen LogP contribution in [0, 0.1) is 0 Å². The van der Waals surface area contributed by atoms with E-state index in [9.17, 15) is 0 Å². The van der Waals surface area contributed by atoms with Crippen LogP contribution < -0.4 is 5.73 Å². The first-order valence-electron chi connectivity index (χ1n) is 5.03. The largest absolute Gasteiger partial charge is 0.324 e. The van der Waals surface area contributed by atoms with Crippen LogP contribution in [0.25, 0.3) is 0 Å². The van der Waals surface area contributed by atoms with E-state index < -0.39 is 0 Å². The van der Waals surface area contributed by atoms with E-state index >= 15 is 0 Å². The Morgan fingerprint density at radius 1 is 1.50 bits per heavy atom. The number of nitrogens with two attached hydrogens (primary N) is 1. The minimum absolute atomic E-state index is 0.0382. The summed E-state index contributed by atoms with van der Waals surface area (Å²) >= 11 is 1.59. The number of aryl methyl sites for hydroxylation is 1. The Kier molecular flexibility index (Phi) is 3.26. The number of aromatic nitrogens is 3. The fourth-order valence-electron chi connectivity index (χ4n) is 1.34. The Morgan fingerprint density at radius 3 is 2.94 bits per heavy atom. The second-order valence-electron chi connectivity index (χ2n) is 3.67. The number of hydrogen-bond donors (Lipinski definition) is 1. The molecule has 4 nitrogen and oxygen atoms in total. The minimum atomic E-state index is 0.0382. The molecule has 2 aromatic rings. The summed E-state index contributed by atoms with van der Waals surface area (Å²) in [5.74, 6) is 0. The third-order valence-electron chi connectivity index (χ3n) is 2.19. The van der Waals surface area contributed by atoms with Crippen LogP contribution in [-0.2, 0) is 7.05 Å². The van der Waals surface area contributed by atoms with Crippen molar-refractivity contribution in [2.24, 2.45) is 12.8 Å². The van der Waals surface area contributed by atoms with Gasteiger partial charge in [0.25, 0.3) is 0 Å². The summed E-state index contributed by atoms with van der Waals surface area (Å²) in [7, 11) is 1.90. The van der Waals surface area contributed by atoms with Crippen molar-refractivity contribution in [3.8, 4) is 0 Å². The maximum Gasteiger partial charge on any atom is 0.101 e. The molecule has 2 heterocycles. The van der Waals surface area contributed by atoms with E-state index in [4.69, 9.17) is 5.73 Å². The third kappa shape index (κ3) is 2.62. The average molecular weight is 234 g/mol. The predicted molar refractivity (Wildman–Crippen MR) is 64.2 cm³/mol. The van der Waals surface area contributed by atoms with Gasteiger partial charge in [-0.2, -0.15) is 5.10 Å². The van der Waals surface area contributed by atoms with Gasteiger partial charge in [-0.1, -0.05) is 11.8 Å². The molecule has 0 amide bonds. The minimum Gasteiger partial charge on any atom is -0.324 e. The summed E-state index contributed by atoms with van der Waals surface area (Å²) in [6, 6.07) is 4.00. The van der Waals surface area contributed by atoms with Gasteiger partial charge in [-0.3, -0.25) is 4.68 Å². The number of rotatable bonds is 3. The maximum absolute atomic E-state index is 5.83. The van der Waals surface area contributed by atoms with E-state index in [1.807, 2.05) is 38.5 Å². The summed E-state index contributed by atoms with van der Waals surface area (Å²) in [4.78, 5) is 5.38. The predicted octanol–water partition coefficient (Wildman–Crippen LogP) is 1.99. The van der Waals surface area contributed by atoms with E-state index in [2.05, 4.69) is 10.1 Å². The first kappa shape index (κ1) is 11.2. The molecule has 2 aromatic heterocycles. The molecule has 0 radical (unpaired) electrons. The SMILES string of the molecule is CC(N)c1ccnc(Sc2cnn(C)c2)c1. The van der Waals surface area contributed by atoms with E-state index in [0.717, 1.165) is 15.5 Å². The molecule has 0 aliphatic carbocycles. The van der Waals surface area contributed by atoms with Crippen LogP contribution in [0.2, 0.25) is 0 Å². The zero-order valence-corrected chi connectivity index (χ0v) is 10.1. The number of pyridine rings is 1. The maximum atomic E-state index is 5.83. The van der Waals surface area contributed by atoms with Gasteiger partial charge in [0.1, 0.15) is 5.03 Å². The Labute approximate surface area is 98.9 Å². The molecule has 1 atom stereocenters. The summed E-state index contributed by atoms with van der Waals surface area (Å²) in [5.41, 5.74) is 6.93. The van der Waals surface area contributed by atoms with Crippen molar-refractivity contribution in [1.82, 2.24) is 14.8 Å². The van der Waals surface area contributed by atoms with Crippen LogP contribution in [0.4, 0.5) is 0 Å². The fraction of sp³-hybridized carbons (Fsp3) is 0.273. The smallest absolute Gasteiger partial charge is 0.101 e. The Bertz CT molecular complexity index is 478. The highest BCUT2D eigenvalue weighted by Gasteiger charge is 2.04. The molecule has 0 fully saturated rings. The van der Waals surface area contributed by atoms with Gasteiger partial charge in [0.2, 0.25) is 0 Å². The van der Waals surface area contributed by atoms with Crippen LogP contribution in [0.3, 0.4) is 0 Å². The van der Waals surface area contributed by atoms with Gasteiger partial charge < -0.3 is 5.73 Å². The van der Waals surface area contributed by atoms with Crippen molar-refractivity contribution in [2.45, 2.75) is 22.9 Å². The quantitative estimate of drug-likeness (QED) is 0.882. The molecular formula is C11H14N4S. The molecule has 2 rings (SSSR count). The van der Waals surface area contributed by atoms with Crippen LogP contribution in [-0.4, -0.2) is 14.8 Å². The highest BCUT2D eigenvalue weighted by molar-refractivity contribution is 7.99. The van der Waals surface area contributed by atoms with Gasteiger partial charge in [0.05, 0.1) is 11.1 Å². The standard InChI is InChI=1S/C11H14N4S/c1-8(12)9-3-4-13-11(5-9)16-10-6-14-15(2)7-10/h3-8H,12H2,1-2H3. The van der Waals surface area contributed by atoms with Gasteiger partial charge in [0.15, 0.2) is 0 Å². The molecule has 16 heavy (non-hydrogen) atoms. The second-order valence-corrected chi connectivity index (χ2v) is 4.76. The van der Waals surface area contributed by atoms with E-state index in [0.29, 0.717) is 0 Å². The van der Waals surface area contributed by atoms with Crippen LogP contribution >= 0.6 is 11.8 Å². The first-order chi connectivity index (χ1) is 7.65. The van der Waals surface area contributed by atoms with Gasteiger partial charge in [-0.15, -0.1) is 0 Å². The molecule has 0 saturated heterocycles. The lowest BCUT2D eigenvalue weighted by Crippen LogP contribution is -2.04. The molecule has 0 aliphatic heterocycles. The molecule has 0 aromatic carbocycles. The van der Waals surface area contributed by atoms with Crippen molar-refractivity contribution < 1.29 is 0 Å². The molecule has 0 bridgehead atoms. The lowest BCUT2D eigenvalue weighted by molar-refractivity contribution is 0.766. The molecule has 0 spiro atoms. The summed E-state index contributed by atoms with van der Waals surface area (Å²) in [6.45, 7) is 1.97. The highest BCUT2D eigenvalue weighted by Crippen LogP contribution is 2.26. The van der Waals surface area contributed by atoms with Crippen molar-refractivity contribution in [1.29, 1.82) is 0 Å². The van der Waals surface area contributed by atoms with E-state index in [-0.39, 0.29) is 6.04 Å². The molecule has 5 heteroatoms. The molecule has 84 valence electrons. The summed E-state index contributed by atoms with van der Waals surface area (Å²) < 4.78 is 1.78. The van der Waals surface area contributed by atoms with Crippen molar-refractivity contribution in [2.75, 3.05) is 0 Å². The van der Waals surface area contributed by atoms with E-state index in [1.54, 1.807) is 22.6 Å². The van der Waals surface area contributed by atoms with Crippen molar-refractivity contribution in [3.05, 3.63) is 36.3 Å². The number of nitrogens with zero attached hydrogens (tertiary/aromatic N) is 3. The Hall–Kier alpha value is -1.33. The summed E-state index contributed by atoms with van der Waals surface area (Å²) in [6.07, 6.45) is 5.58. The normalized spacial score (nSPS) is 12.7. The molecule has 0 saturated carbocycles. The molecule has 0 aliphatic rings. The fourth-order valence-corrected chi connectivity index (χ4v) is 2.19. The Balaban J connectivity index is 2.18. The monoisotopic (exact) mass is 234 g/mol. The highest BCUT2D eigenvalue weighted by atomic mass is 32.2. The third-order valence-corrected chi connectivity index (χ3v) is 3.07. The van der Waals surface area contributed by atoms with Gasteiger partial charge >= 0.3 is 0 Å². The average Bonchev–Trinajstić information content (AvgIpc) is 2.64. The van der Waals surface area contributed by atoms with Gasteiger partial charge in [0, 0.05) is 25.5 Å². The van der Waals surface area contributed by atoms with Crippen LogP contribution in [0.15, 0.2) is 40.6 Å². The Morgan fingerprint density at radius 2 is 2.31 bits per heavy atom. The van der Waals surface area contributed by atoms with Gasteiger partial charge in [-0.25, -0.2) is 4.98 Å². The molecular weight excluding hydrogens is 220 g/mol. The first-order valence-corrected chi connectivity index (χ1v) is 5.85. The lowest BCUT2D eigenvalue weighted by Gasteiger charge is -2.06. The van der Waals surface area contributed by atoms with Crippen LogP contribution in [0.1, 0.15) is 18.5 Å². The number of hydrogen-bond acceptors (Lipinski definition) is 4. The second kappa shape index (κ2) is 4.67. The van der Waals surface area contributed by atoms with Crippen molar-refractivity contribution in [3.63, 3.8) is 0 Å². The lowest BCUT2D eigenvalue weighted by atomic mass is 10.1.